The van der Waals surface area contributed by atoms with Gasteiger partial charge in [0, 0.05) is 12.7 Å². The lowest BCUT2D eigenvalue weighted by atomic mass is 9.94. The Morgan fingerprint density at radius 1 is 1.56 bits per heavy atom. The van der Waals surface area contributed by atoms with Gasteiger partial charge in [-0.05, 0) is 19.9 Å². The van der Waals surface area contributed by atoms with Gasteiger partial charge >= 0.3 is 5.97 Å². The van der Waals surface area contributed by atoms with Crippen molar-refractivity contribution in [3.63, 3.8) is 0 Å². The van der Waals surface area contributed by atoms with Crippen LogP contribution in [0, 0.1) is 16.7 Å². The number of H-pyrrole nitrogens is 1. The molecule has 1 aromatic heterocycles. The predicted octanol–water partition coefficient (Wildman–Crippen LogP) is 0.815. The first-order valence-electron chi connectivity index (χ1n) is 5.36. The molecule has 0 fully saturated rings. The van der Waals surface area contributed by atoms with Gasteiger partial charge in [0.25, 0.3) is 5.91 Å². The Balaban J connectivity index is 2.62. The summed E-state index contributed by atoms with van der Waals surface area (Å²) in [5.41, 5.74) is -0.130. The van der Waals surface area contributed by atoms with Crippen LogP contribution in [0.5, 0.6) is 0 Å². The number of hydrogen-bond acceptors (Lipinski definition) is 4. The predicted molar refractivity (Wildman–Crippen MR) is 63.6 cm³/mol. The molecule has 0 saturated carbocycles. The van der Waals surface area contributed by atoms with Gasteiger partial charge in [-0.15, -0.1) is 0 Å². The van der Waals surface area contributed by atoms with Crippen LogP contribution < -0.4 is 5.32 Å². The summed E-state index contributed by atoms with van der Waals surface area (Å²) in [6.07, 6.45) is 1.44. The molecule has 18 heavy (non-hydrogen) atoms. The van der Waals surface area contributed by atoms with Crippen LogP contribution in [0.15, 0.2) is 12.3 Å². The second-order valence-corrected chi connectivity index (χ2v) is 4.47. The first-order valence-corrected chi connectivity index (χ1v) is 5.36. The summed E-state index contributed by atoms with van der Waals surface area (Å²) in [6, 6.07) is 3.36. The lowest BCUT2D eigenvalue weighted by Crippen LogP contribution is -2.39. The van der Waals surface area contributed by atoms with E-state index in [4.69, 9.17) is 5.26 Å². The molecule has 6 nitrogen and oxygen atoms in total. The maximum Gasteiger partial charge on any atom is 0.313 e. The van der Waals surface area contributed by atoms with Gasteiger partial charge in [0.1, 0.15) is 11.8 Å². The highest BCUT2D eigenvalue weighted by atomic mass is 16.5. The van der Waals surface area contributed by atoms with Crippen LogP contribution in [0.2, 0.25) is 0 Å². The van der Waals surface area contributed by atoms with Gasteiger partial charge in [0.15, 0.2) is 0 Å². The molecule has 1 amide bonds. The summed E-state index contributed by atoms with van der Waals surface area (Å²) in [7, 11) is 1.30. The molecule has 0 unspecified atom stereocenters. The number of esters is 1. The third kappa shape index (κ3) is 3.10. The van der Waals surface area contributed by atoms with Crippen LogP contribution >= 0.6 is 0 Å². The number of hydrogen-bond donors (Lipinski definition) is 2. The summed E-state index contributed by atoms with van der Waals surface area (Å²) in [5, 5.41) is 11.2. The molecule has 0 atom stereocenters. The van der Waals surface area contributed by atoms with Crippen molar-refractivity contribution in [2.75, 3.05) is 13.7 Å². The van der Waals surface area contributed by atoms with E-state index in [0.29, 0.717) is 5.56 Å². The van der Waals surface area contributed by atoms with Gasteiger partial charge in [0.05, 0.1) is 18.1 Å². The molecule has 0 aromatic carbocycles. The second-order valence-electron chi connectivity index (χ2n) is 4.47. The van der Waals surface area contributed by atoms with Crippen molar-refractivity contribution < 1.29 is 14.3 Å². The maximum absolute atomic E-state index is 11.7. The highest BCUT2D eigenvalue weighted by Gasteiger charge is 2.29. The standard InChI is InChI=1S/C12H15N3O3/c1-12(2,11(17)18-3)7-15-10(16)9-4-8(5-13)6-14-9/h4,6,14H,7H2,1-3H3,(H,15,16). The van der Waals surface area contributed by atoms with E-state index in [2.05, 4.69) is 15.0 Å². The molecule has 6 heteroatoms. The zero-order chi connectivity index (χ0) is 13.8. The third-order valence-electron chi connectivity index (χ3n) is 2.49. The van der Waals surface area contributed by atoms with Crippen molar-refractivity contribution in [2.24, 2.45) is 5.41 Å². The fraction of sp³-hybridized carbons (Fsp3) is 0.417. The van der Waals surface area contributed by atoms with Gasteiger partial charge in [-0.2, -0.15) is 5.26 Å². The number of carbonyl (C=O) groups is 2. The lowest BCUT2D eigenvalue weighted by molar-refractivity contribution is -0.150. The first kappa shape index (κ1) is 13.8. The Morgan fingerprint density at radius 2 is 2.22 bits per heavy atom. The molecule has 0 spiro atoms. The lowest BCUT2D eigenvalue weighted by Gasteiger charge is -2.21. The Labute approximate surface area is 105 Å². The summed E-state index contributed by atoms with van der Waals surface area (Å²) in [5.74, 6) is -0.763. The summed E-state index contributed by atoms with van der Waals surface area (Å²) in [6.45, 7) is 3.50. The number of ether oxygens (including phenoxy) is 1. The Kier molecular flexibility index (Phi) is 4.10. The number of nitriles is 1. The van der Waals surface area contributed by atoms with E-state index in [1.54, 1.807) is 13.8 Å². The van der Waals surface area contributed by atoms with Gasteiger partial charge in [-0.3, -0.25) is 9.59 Å². The molecule has 0 saturated heterocycles. The van der Waals surface area contributed by atoms with Crippen LogP contribution in [-0.2, 0) is 9.53 Å². The molecule has 0 bridgehead atoms. The van der Waals surface area contributed by atoms with Crippen LogP contribution in [0.3, 0.4) is 0 Å². The number of aromatic nitrogens is 1. The number of rotatable bonds is 4. The summed E-state index contributed by atoms with van der Waals surface area (Å²) in [4.78, 5) is 25.8. The van der Waals surface area contributed by atoms with E-state index in [9.17, 15) is 9.59 Å². The van der Waals surface area contributed by atoms with Crippen LogP contribution in [0.25, 0.3) is 0 Å². The highest BCUT2D eigenvalue weighted by Crippen LogP contribution is 2.15. The summed E-state index contributed by atoms with van der Waals surface area (Å²) < 4.78 is 4.63. The van der Waals surface area contributed by atoms with E-state index in [0.717, 1.165) is 0 Å². The Hall–Kier alpha value is -2.29. The number of methoxy groups -OCH3 is 1. The smallest absolute Gasteiger partial charge is 0.313 e. The fourth-order valence-electron chi connectivity index (χ4n) is 1.33. The highest BCUT2D eigenvalue weighted by molar-refractivity contribution is 5.93. The molecule has 1 rings (SSSR count). The third-order valence-corrected chi connectivity index (χ3v) is 2.49. The number of nitrogens with one attached hydrogen (secondary N) is 2. The van der Waals surface area contributed by atoms with Crippen LogP contribution in [0.1, 0.15) is 29.9 Å². The topological polar surface area (TPSA) is 95.0 Å². The molecule has 0 aliphatic rings. The van der Waals surface area contributed by atoms with Crippen molar-refractivity contribution in [3.8, 4) is 6.07 Å². The van der Waals surface area contributed by atoms with Gasteiger partial charge in [-0.25, -0.2) is 0 Å². The van der Waals surface area contributed by atoms with Crippen LogP contribution in [-0.4, -0.2) is 30.5 Å². The average molecular weight is 249 g/mol. The molecule has 96 valence electrons. The Morgan fingerprint density at radius 3 is 2.72 bits per heavy atom. The molecule has 2 N–H and O–H groups in total. The first-order chi connectivity index (χ1) is 8.40. The Bertz CT molecular complexity index is 497. The van der Waals surface area contributed by atoms with Gasteiger partial charge in [-0.1, -0.05) is 0 Å². The zero-order valence-corrected chi connectivity index (χ0v) is 10.5. The van der Waals surface area contributed by atoms with Crippen molar-refractivity contribution in [3.05, 3.63) is 23.5 Å². The maximum atomic E-state index is 11.7. The molecule has 1 heterocycles. The minimum Gasteiger partial charge on any atom is -0.469 e. The molecule has 0 aliphatic carbocycles. The number of aromatic amines is 1. The fourth-order valence-corrected chi connectivity index (χ4v) is 1.33. The van der Waals surface area contributed by atoms with Crippen molar-refractivity contribution in [2.45, 2.75) is 13.8 Å². The van der Waals surface area contributed by atoms with E-state index >= 15 is 0 Å². The average Bonchev–Trinajstić information content (AvgIpc) is 2.83. The van der Waals surface area contributed by atoms with Crippen molar-refractivity contribution in [1.29, 1.82) is 5.26 Å². The molecule has 0 radical (unpaired) electrons. The minimum absolute atomic E-state index is 0.152. The zero-order valence-electron chi connectivity index (χ0n) is 10.5. The van der Waals surface area contributed by atoms with E-state index in [-0.39, 0.29) is 18.1 Å². The largest absolute Gasteiger partial charge is 0.469 e. The molecular weight excluding hydrogens is 234 g/mol. The molecular formula is C12H15N3O3. The quantitative estimate of drug-likeness (QED) is 0.772. The minimum atomic E-state index is -0.797. The van der Waals surface area contributed by atoms with Crippen molar-refractivity contribution >= 4 is 11.9 Å². The number of nitrogens with zero attached hydrogens (tertiary/aromatic N) is 1. The van der Waals surface area contributed by atoms with E-state index in [1.807, 2.05) is 6.07 Å². The second kappa shape index (κ2) is 5.36. The monoisotopic (exact) mass is 249 g/mol. The van der Waals surface area contributed by atoms with E-state index < -0.39 is 11.4 Å². The van der Waals surface area contributed by atoms with Gasteiger partial charge in [0.2, 0.25) is 0 Å². The number of amides is 1. The van der Waals surface area contributed by atoms with Crippen LogP contribution in [0.4, 0.5) is 0 Å². The molecule has 0 aliphatic heterocycles. The molecule has 1 aromatic rings. The van der Waals surface area contributed by atoms with Crippen molar-refractivity contribution in [1.82, 2.24) is 10.3 Å². The summed E-state index contributed by atoms with van der Waals surface area (Å²) >= 11 is 0. The van der Waals surface area contributed by atoms with E-state index in [1.165, 1.54) is 19.4 Å². The number of carbonyl (C=O) groups excluding carboxylic acids is 2. The SMILES string of the molecule is COC(=O)C(C)(C)CNC(=O)c1cc(C#N)c[nH]1. The normalized spacial score (nSPS) is 10.6. The van der Waals surface area contributed by atoms with Gasteiger partial charge < -0.3 is 15.0 Å².